The fourth-order valence-electron chi connectivity index (χ4n) is 6.72. The number of ether oxygens (including phenoxy) is 1. The summed E-state index contributed by atoms with van der Waals surface area (Å²) < 4.78 is 5.43. The zero-order chi connectivity index (χ0) is 15.2. The maximum Gasteiger partial charge on any atom is 0.155 e. The summed E-state index contributed by atoms with van der Waals surface area (Å²) in [6.45, 7) is 0.941. The van der Waals surface area contributed by atoms with Gasteiger partial charge in [-0.25, -0.2) is 0 Å². The highest BCUT2D eigenvalue weighted by Gasteiger charge is 2.54. The third-order valence-corrected chi connectivity index (χ3v) is 7.63. The molecular formula is C20H30O2. The summed E-state index contributed by atoms with van der Waals surface area (Å²) in [4.78, 5) is 11.7. The second-order valence-electron chi connectivity index (χ2n) is 8.34. The highest BCUT2D eigenvalue weighted by molar-refractivity contribution is 5.91. The molecule has 0 aromatic carbocycles. The number of allylic oxidation sites excluding steroid dienone is 1. The van der Waals surface area contributed by atoms with E-state index in [0.29, 0.717) is 11.2 Å². The monoisotopic (exact) mass is 302 g/mol. The Morgan fingerprint density at radius 3 is 2.91 bits per heavy atom. The molecule has 3 saturated carbocycles. The van der Waals surface area contributed by atoms with Gasteiger partial charge in [0.15, 0.2) is 5.78 Å². The average Bonchev–Trinajstić information content (AvgIpc) is 2.96. The van der Waals surface area contributed by atoms with E-state index < -0.39 is 0 Å². The zero-order valence-electron chi connectivity index (χ0n) is 14.0. The molecule has 0 bridgehead atoms. The Morgan fingerprint density at radius 1 is 1.14 bits per heavy atom. The van der Waals surface area contributed by atoms with E-state index in [0.717, 1.165) is 43.1 Å². The van der Waals surface area contributed by atoms with E-state index >= 15 is 0 Å². The molecular weight excluding hydrogens is 272 g/mol. The molecule has 0 aliphatic heterocycles. The SMILES string of the molecule is COCC[C@@]12CCC[C@H]1[C@@H]1CCC3=CC(=O)CC[C@@H]3[C@H]1CC2. The molecule has 2 heteroatoms. The van der Waals surface area contributed by atoms with Crippen LogP contribution in [0.4, 0.5) is 0 Å². The molecule has 0 radical (unpaired) electrons. The molecule has 4 aliphatic carbocycles. The van der Waals surface area contributed by atoms with Gasteiger partial charge in [-0.2, -0.15) is 0 Å². The summed E-state index contributed by atoms with van der Waals surface area (Å²) in [6, 6.07) is 0. The van der Waals surface area contributed by atoms with Crippen LogP contribution in [0, 0.1) is 29.1 Å². The Bertz CT molecular complexity index is 480. The fourth-order valence-corrected chi connectivity index (χ4v) is 6.72. The molecule has 4 rings (SSSR count). The van der Waals surface area contributed by atoms with Crippen molar-refractivity contribution < 1.29 is 9.53 Å². The quantitative estimate of drug-likeness (QED) is 0.765. The lowest BCUT2D eigenvalue weighted by molar-refractivity contribution is -0.116. The van der Waals surface area contributed by atoms with Gasteiger partial charge in [-0.05, 0) is 86.5 Å². The lowest BCUT2D eigenvalue weighted by atomic mass is 9.51. The number of hydrogen-bond donors (Lipinski definition) is 0. The van der Waals surface area contributed by atoms with E-state index in [1.54, 1.807) is 0 Å². The van der Waals surface area contributed by atoms with Crippen LogP contribution < -0.4 is 0 Å². The number of fused-ring (bicyclic) bond motifs is 5. The topological polar surface area (TPSA) is 26.3 Å². The molecule has 0 unspecified atom stereocenters. The fraction of sp³-hybridized carbons (Fsp3) is 0.850. The van der Waals surface area contributed by atoms with Gasteiger partial charge in [0, 0.05) is 20.1 Å². The Kier molecular flexibility index (Phi) is 3.92. The second-order valence-corrected chi connectivity index (χ2v) is 8.34. The number of carbonyl (C=O) groups excluding carboxylic acids is 1. The van der Waals surface area contributed by atoms with Crippen LogP contribution in [-0.4, -0.2) is 19.5 Å². The summed E-state index contributed by atoms with van der Waals surface area (Å²) in [5, 5.41) is 0. The Morgan fingerprint density at radius 2 is 2.05 bits per heavy atom. The first-order valence-corrected chi connectivity index (χ1v) is 9.46. The van der Waals surface area contributed by atoms with Gasteiger partial charge in [0.05, 0.1) is 0 Å². The van der Waals surface area contributed by atoms with Crippen LogP contribution in [0.2, 0.25) is 0 Å². The molecule has 2 nitrogen and oxygen atoms in total. The zero-order valence-corrected chi connectivity index (χ0v) is 14.0. The van der Waals surface area contributed by atoms with Gasteiger partial charge in [-0.1, -0.05) is 12.0 Å². The maximum atomic E-state index is 11.7. The number of carbonyl (C=O) groups is 1. The Hall–Kier alpha value is -0.630. The highest BCUT2D eigenvalue weighted by atomic mass is 16.5. The molecule has 0 spiro atoms. The van der Waals surface area contributed by atoms with Crippen molar-refractivity contribution in [1.82, 2.24) is 0 Å². The van der Waals surface area contributed by atoms with Crippen LogP contribution in [-0.2, 0) is 9.53 Å². The molecule has 22 heavy (non-hydrogen) atoms. The smallest absolute Gasteiger partial charge is 0.155 e. The van der Waals surface area contributed by atoms with E-state index in [4.69, 9.17) is 4.74 Å². The van der Waals surface area contributed by atoms with Crippen molar-refractivity contribution in [1.29, 1.82) is 0 Å². The minimum absolute atomic E-state index is 0.385. The van der Waals surface area contributed by atoms with Crippen molar-refractivity contribution in [2.24, 2.45) is 29.1 Å². The van der Waals surface area contributed by atoms with E-state index in [-0.39, 0.29) is 0 Å². The van der Waals surface area contributed by atoms with Crippen molar-refractivity contribution in [2.45, 2.75) is 64.2 Å². The third kappa shape index (κ3) is 2.29. The van der Waals surface area contributed by atoms with Crippen LogP contribution in [0.3, 0.4) is 0 Å². The highest BCUT2D eigenvalue weighted by Crippen LogP contribution is 2.63. The van der Waals surface area contributed by atoms with Crippen molar-refractivity contribution in [3.63, 3.8) is 0 Å². The van der Waals surface area contributed by atoms with E-state index in [1.165, 1.54) is 56.9 Å². The second kappa shape index (κ2) is 5.78. The van der Waals surface area contributed by atoms with Gasteiger partial charge in [0.1, 0.15) is 0 Å². The van der Waals surface area contributed by atoms with E-state index in [2.05, 4.69) is 0 Å². The van der Waals surface area contributed by atoms with Crippen LogP contribution in [0.25, 0.3) is 0 Å². The standard InChI is InChI=1S/C20H30O2/c1-22-12-11-20-9-2-3-19(20)18-6-4-14-13-15(21)5-7-16(14)17(18)8-10-20/h13,16-19H,2-12H2,1H3/t16-,17+,18+,19-,20-/m0/s1. The first-order chi connectivity index (χ1) is 10.7. The third-order valence-electron chi connectivity index (χ3n) is 7.63. The lowest BCUT2D eigenvalue weighted by Crippen LogP contribution is -2.46. The molecule has 0 N–H and O–H groups in total. The number of rotatable bonds is 3. The summed E-state index contributed by atoms with van der Waals surface area (Å²) >= 11 is 0. The Balaban J connectivity index is 1.57. The molecule has 4 aliphatic rings. The van der Waals surface area contributed by atoms with Crippen molar-refractivity contribution >= 4 is 5.78 Å². The maximum absolute atomic E-state index is 11.7. The molecule has 0 aromatic rings. The molecule has 0 heterocycles. The first-order valence-electron chi connectivity index (χ1n) is 9.46. The molecule has 122 valence electrons. The Labute approximate surface area is 134 Å². The largest absolute Gasteiger partial charge is 0.385 e. The number of hydrogen-bond acceptors (Lipinski definition) is 2. The minimum Gasteiger partial charge on any atom is -0.385 e. The number of ketones is 1. The summed E-state index contributed by atoms with van der Waals surface area (Å²) in [5.41, 5.74) is 2.11. The van der Waals surface area contributed by atoms with Gasteiger partial charge < -0.3 is 4.74 Å². The average molecular weight is 302 g/mol. The normalized spacial score (nSPS) is 44.0. The summed E-state index contributed by atoms with van der Waals surface area (Å²) in [7, 11) is 1.85. The molecule has 5 atom stereocenters. The van der Waals surface area contributed by atoms with Crippen LogP contribution in [0.5, 0.6) is 0 Å². The lowest BCUT2D eigenvalue weighted by Gasteiger charge is -2.54. The predicted molar refractivity (Wildman–Crippen MR) is 87.5 cm³/mol. The van der Waals surface area contributed by atoms with Gasteiger partial charge in [-0.3, -0.25) is 4.79 Å². The molecule has 0 saturated heterocycles. The van der Waals surface area contributed by atoms with Gasteiger partial charge >= 0.3 is 0 Å². The van der Waals surface area contributed by atoms with Gasteiger partial charge in [-0.15, -0.1) is 0 Å². The number of methoxy groups -OCH3 is 1. The predicted octanol–water partition coefficient (Wildman–Crippen LogP) is 4.53. The minimum atomic E-state index is 0.385. The molecule has 0 amide bonds. The van der Waals surface area contributed by atoms with Crippen LogP contribution >= 0.6 is 0 Å². The van der Waals surface area contributed by atoms with Gasteiger partial charge in [0.25, 0.3) is 0 Å². The van der Waals surface area contributed by atoms with Crippen LogP contribution in [0.1, 0.15) is 64.2 Å². The van der Waals surface area contributed by atoms with E-state index in [9.17, 15) is 4.79 Å². The summed E-state index contributed by atoms with van der Waals surface area (Å²) in [6.07, 6.45) is 14.9. The summed E-state index contributed by atoms with van der Waals surface area (Å²) in [5.74, 6) is 3.89. The van der Waals surface area contributed by atoms with Crippen molar-refractivity contribution in [2.75, 3.05) is 13.7 Å². The molecule has 3 fully saturated rings. The van der Waals surface area contributed by atoms with E-state index in [1.807, 2.05) is 13.2 Å². The van der Waals surface area contributed by atoms with Crippen molar-refractivity contribution in [3.8, 4) is 0 Å². The van der Waals surface area contributed by atoms with Crippen LogP contribution in [0.15, 0.2) is 11.6 Å². The first kappa shape index (κ1) is 14.9. The van der Waals surface area contributed by atoms with Gasteiger partial charge in [0.2, 0.25) is 0 Å². The van der Waals surface area contributed by atoms with Crippen molar-refractivity contribution in [3.05, 3.63) is 11.6 Å². The molecule has 0 aromatic heterocycles.